The molecule has 1 rings (SSSR count). The first-order valence-electron chi connectivity index (χ1n) is 2.45. The zero-order valence-electron chi connectivity index (χ0n) is 4.79. The molecule has 0 aromatic heterocycles. The van der Waals surface area contributed by atoms with E-state index in [-0.39, 0.29) is 0 Å². The zero-order chi connectivity index (χ0) is 6.69. The van der Waals surface area contributed by atoms with Crippen LogP contribution in [0.25, 0.3) is 0 Å². The van der Waals surface area contributed by atoms with Crippen molar-refractivity contribution in [2.24, 2.45) is 4.99 Å². The van der Waals surface area contributed by atoms with E-state index in [1.165, 1.54) is 11.8 Å². The van der Waals surface area contributed by atoms with Crippen LogP contribution in [0.15, 0.2) is 29.4 Å². The molecule has 0 saturated carbocycles. The number of thioether (sulfide) groups is 1. The van der Waals surface area contributed by atoms with Gasteiger partial charge in [-0.1, -0.05) is 24.4 Å². The highest BCUT2D eigenvalue weighted by atomic mass is 32.2. The van der Waals surface area contributed by atoms with Gasteiger partial charge in [0.25, 0.3) is 0 Å². The van der Waals surface area contributed by atoms with Crippen LogP contribution in [0.4, 0.5) is 0 Å². The molecular weight excluding hydrogens is 132 g/mol. The highest BCUT2D eigenvalue weighted by Gasteiger charge is 2.06. The van der Waals surface area contributed by atoms with Crippen LogP contribution in [-0.2, 0) is 0 Å². The summed E-state index contributed by atoms with van der Waals surface area (Å²) in [6.07, 6.45) is 3.35. The van der Waals surface area contributed by atoms with Gasteiger partial charge in [0.05, 0.1) is 11.2 Å². The van der Waals surface area contributed by atoms with Crippen molar-refractivity contribution in [2.45, 2.75) is 0 Å². The average molecular weight is 138 g/mol. The Labute approximate surface area is 57.9 Å². The number of allylic oxidation sites excluding steroid dienone is 2. The third-order valence-electron chi connectivity index (χ3n) is 0.871. The van der Waals surface area contributed by atoms with Crippen molar-refractivity contribution in [3.63, 3.8) is 0 Å². The molecule has 2 nitrogen and oxygen atoms in total. The van der Waals surface area contributed by atoms with Gasteiger partial charge < -0.3 is 0 Å². The number of hydrogen-bond acceptors (Lipinski definition) is 3. The molecular formula is C6H6N2S. The van der Waals surface area contributed by atoms with Crippen LogP contribution < -0.4 is 0 Å². The van der Waals surface area contributed by atoms with Gasteiger partial charge in [-0.25, -0.2) is 4.99 Å². The van der Waals surface area contributed by atoms with Crippen LogP contribution in [0.1, 0.15) is 0 Å². The molecule has 1 aliphatic rings. The van der Waals surface area contributed by atoms with Crippen LogP contribution >= 0.6 is 11.8 Å². The van der Waals surface area contributed by atoms with E-state index in [9.17, 15) is 0 Å². The SMILES string of the molecule is C=C/C=C1/N=CSC1=N. The maximum Gasteiger partial charge on any atom is 0.119 e. The fourth-order valence-electron chi connectivity index (χ4n) is 0.485. The van der Waals surface area contributed by atoms with E-state index in [2.05, 4.69) is 11.6 Å². The third-order valence-corrected chi connectivity index (χ3v) is 1.53. The van der Waals surface area contributed by atoms with E-state index in [1.807, 2.05) is 0 Å². The van der Waals surface area contributed by atoms with Crippen LogP contribution in [0.3, 0.4) is 0 Å². The van der Waals surface area contributed by atoms with Crippen molar-refractivity contribution in [2.75, 3.05) is 0 Å². The number of rotatable bonds is 1. The summed E-state index contributed by atoms with van der Waals surface area (Å²) in [5.41, 5.74) is 2.35. The van der Waals surface area contributed by atoms with Gasteiger partial charge in [0.1, 0.15) is 5.04 Å². The molecule has 0 atom stereocenters. The Balaban J connectivity index is 2.81. The van der Waals surface area contributed by atoms with Gasteiger partial charge in [-0.2, -0.15) is 0 Å². The number of hydrogen-bond donors (Lipinski definition) is 1. The van der Waals surface area contributed by atoms with E-state index in [4.69, 9.17) is 5.41 Å². The second-order valence-corrected chi connectivity index (χ2v) is 2.32. The monoisotopic (exact) mass is 138 g/mol. The maximum atomic E-state index is 7.23. The lowest BCUT2D eigenvalue weighted by molar-refractivity contribution is 1.45. The first-order chi connectivity index (χ1) is 4.34. The molecule has 9 heavy (non-hydrogen) atoms. The van der Waals surface area contributed by atoms with Gasteiger partial charge in [-0.05, 0) is 6.08 Å². The lowest BCUT2D eigenvalue weighted by Crippen LogP contribution is -1.83. The summed E-state index contributed by atoms with van der Waals surface area (Å²) >= 11 is 1.32. The highest BCUT2D eigenvalue weighted by Crippen LogP contribution is 2.16. The normalized spacial score (nSPS) is 21.3. The lowest BCUT2D eigenvalue weighted by Gasteiger charge is -1.86. The van der Waals surface area contributed by atoms with Crippen molar-refractivity contribution in [3.8, 4) is 0 Å². The van der Waals surface area contributed by atoms with E-state index >= 15 is 0 Å². The molecule has 1 heterocycles. The molecule has 0 saturated heterocycles. The summed E-state index contributed by atoms with van der Waals surface area (Å²) in [6.45, 7) is 3.50. The second-order valence-electron chi connectivity index (χ2n) is 1.47. The van der Waals surface area contributed by atoms with Crippen molar-refractivity contribution < 1.29 is 0 Å². The Hall–Kier alpha value is -0.830. The van der Waals surface area contributed by atoms with Crippen molar-refractivity contribution in [1.82, 2.24) is 0 Å². The van der Waals surface area contributed by atoms with E-state index in [1.54, 1.807) is 17.7 Å². The Kier molecular flexibility index (Phi) is 1.85. The Morgan fingerprint density at radius 3 is 3.00 bits per heavy atom. The minimum atomic E-state index is 0.495. The van der Waals surface area contributed by atoms with Crippen molar-refractivity contribution in [3.05, 3.63) is 24.4 Å². The molecule has 0 aromatic rings. The van der Waals surface area contributed by atoms with Gasteiger partial charge in [0.15, 0.2) is 0 Å². The molecule has 0 bridgehead atoms. The van der Waals surface area contributed by atoms with Crippen LogP contribution in [0.2, 0.25) is 0 Å². The molecule has 3 heteroatoms. The smallest absolute Gasteiger partial charge is 0.119 e. The summed E-state index contributed by atoms with van der Waals surface area (Å²) in [4.78, 5) is 3.91. The van der Waals surface area contributed by atoms with Gasteiger partial charge in [-0.15, -0.1) is 0 Å². The molecule has 0 unspecified atom stereocenters. The predicted octanol–water partition coefficient (Wildman–Crippen LogP) is 1.81. The molecule has 0 fully saturated rings. The lowest BCUT2D eigenvalue weighted by atomic mass is 10.4. The zero-order valence-corrected chi connectivity index (χ0v) is 5.61. The maximum absolute atomic E-state index is 7.23. The fraction of sp³-hybridized carbons (Fsp3) is 0. The Morgan fingerprint density at radius 2 is 2.56 bits per heavy atom. The van der Waals surface area contributed by atoms with Gasteiger partial charge >= 0.3 is 0 Å². The van der Waals surface area contributed by atoms with E-state index in [0.717, 1.165) is 0 Å². The van der Waals surface area contributed by atoms with Crippen molar-refractivity contribution >= 4 is 22.4 Å². The van der Waals surface area contributed by atoms with E-state index in [0.29, 0.717) is 10.7 Å². The minimum Gasteiger partial charge on any atom is -0.292 e. The molecule has 1 N–H and O–H groups in total. The summed E-state index contributed by atoms with van der Waals surface area (Å²) < 4.78 is 0. The van der Waals surface area contributed by atoms with Gasteiger partial charge in [-0.3, -0.25) is 5.41 Å². The molecule has 46 valence electrons. The molecule has 1 aliphatic heterocycles. The van der Waals surface area contributed by atoms with Crippen LogP contribution in [-0.4, -0.2) is 10.6 Å². The fourth-order valence-corrected chi connectivity index (χ4v) is 0.998. The Morgan fingerprint density at radius 1 is 1.78 bits per heavy atom. The van der Waals surface area contributed by atoms with Crippen molar-refractivity contribution in [1.29, 1.82) is 5.41 Å². The number of aliphatic imine (C=N–C) groups is 1. The molecule has 0 radical (unpaired) electrons. The number of nitrogens with one attached hydrogen (secondary N) is 1. The quantitative estimate of drug-likeness (QED) is 0.589. The van der Waals surface area contributed by atoms with Crippen LogP contribution in [0.5, 0.6) is 0 Å². The predicted molar refractivity (Wildman–Crippen MR) is 42.1 cm³/mol. The highest BCUT2D eigenvalue weighted by molar-refractivity contribution is 8.25. The van der Waals surface area contributed by atoms with Gasteiger partial charge in [0, 0.05) is 0 Å². The molecule has 0 spiro atoms. The molecule has 0 aromatic carbocycles. The summed E-state index contributed by atoms with van der Waals surface area (Å²) in [5, 5.41) is 7.73. The number of nitrogens with zero attached hydrogens (tertiary/aromatic N) is 1. The molecule has 0 aliphatic carbocycles. The first kappa shape index (κ1) is 6.29. The molecule has 0 amide bonds. The second kappa shape index (κ2) is 2.64. The largest absolute Gasteiger partial charge is 0.292 e. The minimum absolute atomic E-state index is 0.495. The third kappa shape index (κ3) is 1.29. The summed E-state index contributed by atoms with van der Waals surface area (Å²) in [5.74, 6) is 0. The first-order valence-corrected chi connectivity index (χ1v) is 3.33. The Bertz CT molecular complexity index is 203. The average Bonchev–Trinajstić information content (AvgIpc) is 2.18. The van der Waals surface area contributed by atoms with Crippen LogP contribution in [0, 0.1) is 5.41 Å². The topological polar surface area (TPSA) is 36.2 Å². The van der Waals surface area contributed by atoms with Gasteiger partial charge in [0.2, 0.25) is 0 Å². The summed E-state index contributed by atoms with van der Waals surface area (Å²) in [6, 6.07) is 0. The summed E-state index contributed by atoms with van der Waals surface area (Å²) in [7, 11) is 0. The standard InChI is InChI=1S/C6H6N2S/c1-2-3-5-6(7)9-4-8-5/h2-4,7H,1H2/b5-3+,7-6?. The van der Waals surface area contributed by atoms with E-state index < -0.39 is 0 Å².